The van der Waals surface area contributed by atoms with Crippen LogP contribution in [0.5, 0.6) is 0 Å². The highest BCUT2D eigenvalue weighted by Crippen LogP contribution is 2.22. The Bertz CT molecular complexity index is 927. The first-order valence-corrected chi connectivity index (χ1v) is 9.49. The summed E-state index contributed by atoms with van der Waals surface area (Å²) in [5.41, 5.74) is 2.63. The summed E-state index contributed by atoms with van der Waals surface area (Å²) in [5.74, 6) is -0.0956. The number of ketones is 1. The number of Topliss-reactive ketones (excluding diaryl/α,β-unsaturated/α-hetero) is 1. The second-order valence-corrected chi connectivity index (χ2v) is 7.31. The lowest BCUT2D eigenvalue weighted by molar-refractivity contribution is -0.125. The molecule has 0 aliphatic heterocycles. The Labute approximate surface area is 160 Å². The third kappa shape index (κ3) is 4.86. The van der Waals surface area contributed by atoms with Crippen molar-refractivity contribution in [2.45, 2.75) is 24.5 Å². The Balaban J connectivity index is 1.58. The molecule has 1 heterocycles. The van der Waals surface area contributed by atoms with Gasteiger partial charge < -0.3 is 10.3 Å². The average Bonchev–Trinajstić information content (AvgIpc) is 3.02. The highest BCUT2D eigenvalue weighted by molar-refractivity contribution is 7.99. The molecule has 134 valence electrons. The molecule has 0 aliphatic rings. The zero-order valence-electron chi connectivity index (χ0n) is 14.2. The molecule has 0 unspecified atom stereocenters. The molecule has 0 fully saturated rings. The van der Waals surface area contributed by atoms with Gasteiger partial charge in [0, 0.05) is 5.02 Å². The van der Waals surface area contributed by atoms with Crippen LogP contribution < -0.4 is 5.32 Å². The number of amides is 1. The van der Waals surface area contributed by atoms with Crippen LogP contribution in [0.25, 0.3) is 11.0 Å². The van der Waals surface area contributed by atoms with Gasteiger partial charge in [-0.05, 0) is 37.1 Å². The molecule has 1 aromatic heterocycles. The Morgan fingerprint density at radius 2 is 2.00 bits per heavy atom. The molecule has 3 aromatic rings. The number of rotatable bonds is 7. The van der Waals surface area contributed by atoms with Gasteiger partial charge in [-0.25, -0.2) is 4.98 Å². The van der Waals surface area contributed by atoms with E-state index in [-0.39, 0.29) is 17.4 Å². The summed E-state index contributed by atoms with van der Waals surface area (Å²) in [6, 6.07) is 14.5. The van der Waals surface area contributed by atoms with Gasteiger partial charge in [-0.1, -0.05) is 53.7 Å². The van der Waals surface area contributed by atoms with Gasteiger partial charge in [-0.2, -0.15) is 0 Å². The quantitative estimate of drug-likeness (QED) is 0.607. The lowest BCUT2D eigenvalue weighted by Crippen LogP contribution is -2.42. The minimum atomic E-state index is -0.528. The number of H-pyrrole nitrogens is 1. The number of carbonyl (C=O) groups excluding carboxylic acids is 2. The fourth-order valence-corrected chi connectivity index (χ4v) is 3.41. The average molecular weight is 388 g/mol. The molecule has 2 N–H and O–H groups in total. The third-order valence-corrected chi connectivity index (χ3v) is 4.98. The van der Waals surface area contributed by atoms with Crippen molar-refractivity contribution in [1.82, 2.24) is 15.3 Å². The van der Waals surface area contributed by atoms with E-state index in [4.69, 9.17) is 11.6 Å². The van der Waals surface area contributed by atoms with Crippen LogP contribution in [0.3, 0.4) is 0 Å². The fraction of sp³-hybridized carbons (Fsp3) is 0.211. The number of nitrogens with one attached hydrogen (secondary N) is 2. The van der Waals surface area contributed by atoms with Crippen molar-refractivity contribution in [3.8, 4) is 0 Å². The molecule has 0 saturated heterocycles. The number of aromatic amines is 1. The van der Waals surface area contributed by atoms with Crippen molar-refractivity contribution in [1.29, 1.82) is 0 Å². The van der Waals surface area contributed by atoms with Gasteiger partial charge in [-0.3, -0.25) is 9.59 Å². The van der Waals surface area contributed by atoms with Gasteiger partial charge in [0.15, 0.2) is 10.9 Å². The van der Waals surface area contributed by atoms with E-state index in [1.54, 1.807) is 12.1 Å². The van der Waals surface area contributed by atoms with E-state index in [0.717, 1.165) is 16.6 Å². The van der Waals surface area contributed by atoms with Gasteiger partial charge in [0.25, 0.3) is 0 Å². The summed E-state index contributed by atoms with van der Waals surface area (Å²) >= 11 is 7.25. The number of carbonyl (C=O) groups is 2. The molecule has 0 bridgehead atoms. The first-order valence-electron chi connectivity index (χ1n) is 8.13. The standard InChI is InChI=1S/C19H18ClN3O2S/c1-12(24)16(9-13-5-3-2-4-6-13)21-18(25)11-26-19-22-15-8-7-14(20)10-17(15)23-19/h2-8,10,16H,9,11H2,1H3,(H,21,25)(H,22,23)/t16-/m0/s1. The van der Waals surface area contributed by atoms with Crippen LogP contribution in [0.4, 0.5) is 0 Å². The number of hydrogen-bond donors (Lipinski definition) is 2. The molecule has 26 heavy (non-hydrogen) atoms. The summed E-state index contributed by atoms with van der Waals surface area (Å²) < 4.78 is 0. The zero-order valence-corrected chi connectivity index (χ0v) is 15.7. The van der Waals surface area contributed by atoms with Crippen LogP contribution in [-0.2, 0) is 16.0 Å². The molecule has 1 atom stereocenters. The minimum Gasteiger partial charge on any atom is -0.345 e. The predicted molar refractivity (Wildman–Crippen MR) is 105 cm³/mol. The lowest BCUT2D eigenvalue weighted by atomic mass is 10.0. The summed E-state index contributed by atoms with van der Waals surface area (Å²) in [7, 11) is 0. The van der Waals surface area contributed by atoms with Crippen LogP contribution >= 0.6 is 23.4 Å². The van der Waals surface area contributed by atoms with Crippen molar-refractivity contribution < 1.29 is 9.59 Å². The normalized spacial score (nSPS) is 12.1. The first kappa shape index (κ1) is 18.5. The predicted octanol–water partition coefficient (Wildman–Crippen LogP) is 3.62. The number of nitrogens with zero attached hydrogens (tertiary/aromatic N) is 1. The molecule has 2 aromatic carbocycles. The van der Waals surface area contributed by atoms with Gasteiger partial charge in [0.05, 0.1) is 22.8 Å². The Kier molecular flexibility index (Phi) is 5.96. The third-order valence-electron chi connectivity index (χ3n) is 3.87. The summed E-state index contributed by atoms with van der Waals surface area (Å²) in [6.07, 6.45) is 0.482. The van der Waals surface area contributed by atoms with Crippen molar-refractivity contribution >= 4 is 46.1 Å². The summed E-state index contributed by atoms with van der Waals surface area (Å²) in [6.45, 7) is 1.49. The molecule has 0 radical (unpaired) electrons. The SMILES string of the molecule is CC(=O)[C@H](Cc1ccccc1)NC(=O)CSc1nc2ccc(Cl)cc2[nH]1. The van der Waals surface area contributed by atoms with E-state index in [1.165, 1.54) is 18.7 Å². The van der Waals surface area contributed by atoms with Gasteiger partial charge in [0.1, 0.15) is 0 Å². The largest absolute Gasteiger partial charge is 0.345 e. The fourth-order valence-electron chi connectivity index (χ4n) is 2.54. The molecule has 7 heteroatoms. The number of imidazole rings is 1. The Hall–Kier alpha value is -2.31. The number of aromatic nitrogens is 2. The van der Waals surface area contributed by atoms with Crippen molar-refractivity contribution in [2.24, 2.45) is 0 Å². The van der Waals surface area contributed by atoms with Gasteiger partial charge >= 0.3 is 0 Å². The maximum atomic E-state index is 12.2. The highest BCUT2D eigenvalue weighted by Gasteiger charge is 2.18. The molecule has 5 nitrogen and oxygen atoms in total. The molecular weight excluding hydrogens is 370 g/mol. The van der Waals surface area contributed by atoms with Crippen LogP contribution in [0, 0.1) is 0 Å². The van der Waals surface area contributed by atoms with Crippen LogP contribution in [-0.4, -0.2) is 33.5 Å². The monoisotopic (exact) mass is 387 g/mol. The van der Waals surface area contributed by atoms with E-state index < -0.39 is 6.04 Å². The molecule has 1 amide bonds. The van der Waals surface area contributed by atoms with E-state index in [0.29, 0.717) is 16.6 Å². The number of fused-ring (bicyclic) bond motifs is 1. The Morgan fingerprint density at radius 3 is 2.73 bits per heavy atom. The van der Waals surface area contributed by atoms with E-state index in [2.05, 4.69) is 15.3 Å². The topological polar surface area (TPSA) is 74.8 Å². The zero-order chi connectivity index (χ0) is 18.5. The minimum absolute atomic E-state index is 0.0643. The second-order valence-electron chi connectivity index (χ2n) is 5.91. The number of hydrogen-bond acceptors (Lipinski definition) is 4. The maximum Gasteiger partial charge on any atom is 0.231 e. The van der Waals surface area contributed by atoms with E-state index >= 15 is 0 Å². The van der Waals surface area contributed by atoms with Crippen molar-refractivity contribution in [3.63, 3.8) is 0 Å². The first-order chi connectivity index (χ1) is 12.5. The number of halogens is 1. The van der Waals surface area contributed by atoms with E-state index in [9.17, 15) is 9.59 Å². The van der Waals surface area contributed by atoms with Crippen LogP contribution in [0.1, 0.15) is 12.5 Å². The van der Waals surface area contributed by atoms with Gasteiger partial charge in [0.2, 0.25) is 5.91 Å². The molecular formula is C19H18ClN3O2S. The van der Waals surface area contributed by atoms with E-state index in [1.807, 2.05) is 36.4 Å². The highest BCUT2D eigenvalue weighted by atomic mass is 35.5. The summed E-state index contributed by atoms with van der Waals surface area (Å²) in [5, 5.41) is 4.07. The smallest absolute Gasteiger partial charge is 0.231 e. The lowest BCUT2D eigenvalue weighted by Gasteiger charge is -2.15. The molecule has 0 spiro atoms. The van der Waals surface area contributed by atoms with Gasteiger partial charge in [-0.15, -0.1) is 0 Å². The van der Waals surface area contributed by atoms with Crippen LogP contribution in [0.2, 0.25) is 5.02 Å². The second kappa shape index (κ2) is 8.38. The number of thioether (sulfide) groups is 1. The Morgan fingerprint density at radius 1 is 1.23 bits per heavy atom. The molecule has 0 aliphatic carbocycles. The maximum absolute atomic E-state index is 12.2. The van der Waals surface area contributed by atoms with Crippen molar-refractivity contribution in [2.75, 3.05) is 5.75 Å². The number of benzene rings is 2. The van der Waals surface area contributed by atoms with Crippen LogP contribution in [0.15, 0.2) is 53.7 Å². The van der Waals surface area contributed by atoms with Crippen molar-refractivity contribution in [3.05, 3.63) is 59.1 Å². The molecule has 3 rings (SSSR count). The summed E-state index contributed by atoms with van der Waals surface area (Å²) in [4.78, 5) is 31.6. The molecule has 0 saturated carbocycles.